The Morgan fingerprint density at radius 1 is 1.23 bits per heavy atom. The zero-order chi connectivity index (χ0) is 22.1. The average molecular weight is 436 g/mol. The smallest absolute Gasteiger partial charge is 0.410 e. The molecule has 0 saturated heterocycles. The molecule has 0 radical (unpaired) electrons. The van der Waals surface area contributed by atoms with Gasteiger partial charge in [-0.2, -0.15) is 0 Å². The summed E-state index contributed by atoms with van der Waals surface area (Å²) in [5, 5.41) is 1.60. The zero-order valence-electron chi connectivity index (χ0n) is 18.3. The van der Waals surface area contributed by atoms with E-state index in [2.05, 4.69) is 6.07 Å². The Kier molecular flexibility index (Phi) is 6.50. The Bertz CT molecular complexity index is 930. The topological polar surface area (TPSA) is 64.0 Å². The fourth-order valence-corrected chi connectivity index (χ4v) is 3.60. The molecule has 2 amide bonds. The van der Waals surface area contributed by atoms with E-state index in [9.17, 15) is 9.59 Å². The Balaban J connectivity index is 1.79. The Labute approximate surface area is 182 Å². The van der Waals surface area contributed by atoms with E-state index < -0.39 is 5.60 Å². The standard InChI is InChI=1S/C22H30ClN3O4/c1-22(2,3)30-21(28)26(16-7-8-16)13-15-6-9-17-18(23)14-25(19(17)12-15)11-10-24(4)20(27)29-5/h6,9,12,14,16H,7-8,10-11,13H2,1-5H3. The molecular weight excluding hydrogens is 406 g/mol. The minimum atomic E-state index is -0.526. The maximum atomic E-state index is 12.7. The molecule has 1 aromatic heterocycles. The molecule has 164 valence electrons. The second-order valence-corrected chi connectivity index (χ2v) is 9.16. The first-order chi connectivity index (χ1) is 14.1. The molecule has 1 fully saturated rings. The van der Waals surface area contributed by atoms with Crippen LogP contribution >= 0.6 is 11.6 Å². The molecule has 3 rings (SSSR count). The number of amides is 2. The van der Waals surface area contributed by atoms with E-state index in [0.29, 0.717) is 24.7 Å². The molecule has 1 aromatic carbocycles. The minimum absolute atomic E-state index is 0.236. The van der Waals surface area contributed by atoms with Gasteiger partial charge in [0.1, 0.15) is 5.60 Å². The zero-order valence-corrected chi connectivity index (χ0v) is 19.0. The molecule has 7 nitrogen and oxygen atoms in total. The van der Waals surface area contributed by atoms with Gasteiger partial charge in [-0.25, -0.2) is 9.59 Å². The monoisotopic (exact) mass is 435 g/mol. The van der Waals surface area contributed by atoms with Crippen LogP contribution in [0.25, 0.3) is 10.9 Å². The molecule has 0 spiro atoms. The van der Waals surface area contributed by atoms with E-state index >= 15 is 0 Å². The van der Waals surface area contributed by atoms with Crippen LogP contribution in [0.1, 0.15) is 39.2 Å². The third kappa shape index (κ3) is 5.39. The van der Waals surface area contributed by atoms with Crippen LogP contribution in [0, 0.1) is 0 Å². The number of likely N-dealkylation sites (N-methyl/N-ethyl adjacent to an activating group) is 1. The van der Waals surface area contributed by atoms with Crippen molar-refractivity contribution in [2.24, 2.45) is 0 Å². The summed E-state index contributed by atoms with van der Waals surface area (Å²) in [4.78, 5) is 27.6. The van der Waals surface area contributed by atoms with Crippen molar-refractivity contribution in [2.75, 3.05) is 20.7 Å². The molecule has 1 saturated carbocycles. The lowest BCUT2D eigenvalue weighted by atomic mass is 10.1. The Morgan fingerprint density at radius 3 is 2.53 bits per heavy atom. The maximum Gasteiger partial charge on any atom is 0.410 e. The van der Waals surface area contributed by atoms with Crippen LogP contribution in [0.15, 0.2) is 24.4 Å². The highest BCUT2D eigenvalue weighted by molar-refractivity contribution is 6.35. The first-order valence-corrected chi connectivity index (χ1v) is 10.5. The van der Waals surface area contributed by atoms with Crippen molar-refractivity contribution < 1.29 is 19.1 Å². The van der Waals surface area contributed by atoms with Gasteiger partial charge in [-0.05, 0) is 45.2 Å². The van der Waals surface area contributed by atoms with Gasteiger partial charge in [0, 0.05) is 49.8 Å². The second-order valence-electron chi connectivity index (χ2n) is 8.75. The van der Waals surface area contributed by atoms with Crippen molar-refractivity contribution in [3.05, 3.63) is 35.0 Å². The van der Waals surface area contributed by atoms with Crippen molar-refractivity contribution in [2.45, 2.75) is 58.3 Å². The highest BCUT2D eigenvalue weighted by Gasteiger charge is 2.35. The molecule has 1 aliphatic carbocycles. The predicted molar refractivity (Wildman–Crippen MR) is 117 cm³/mol. The lowest BCUT2D eigenvalue weighted by Gasteiger charge is -2.27. The van der Waals surface area contributed by atoms with Crippen molar-refractivity contribution in [3.63, 3.8) is 0 Å². The summed E-state index contributed by atoms with van der Waals surface area (Å²) in [6.07, 6.45) is 3.22. The number of methoxy groups -OCH3 is 1. The predicted octanol–water partition coefficient (Wildman–Crippen LogP) is 4.89. The van der Waals surface area contributed by atoms with Crippen LogP contribution < -0.4 is 0 Å². The quantitative estimate of drug-likeness (QED) is 0.647. The van der Waals surface area contributed by atoms with Gasteiger partial charge in [0.15, 0.2) is 0 Å². The number of hydrogen-bond acceptors (Lipinski definition) is 4. The van der Waals surface area contributed by atoms with E-state index in [4.69, 9.17) is 21.1 Å². The normalized spacial score (nSPS) is 13.9. The van der Waals surface area contributed by atoms with Gasteiger partial charge in [-0.1, -0.05) is 23.7 Å². The molecule has 0 atom stereocenters. The second kappa shape index (κ2) is 8.76. The van der Waals surface area contributed by atoms with E-state index in [1.165, 1.54) is 12.0 Å². The van der Waals surface area contributed by atoms with E-state index in [-0.39, 0.29) is 18.2 Å². The summed E-state index contributed by atoms with van der Waals surface area (Å²) < 4.78 is 12.4. The molecule has 8 heteroatoms. The highest BCUT2D eigenvalue weighted by atomic mass is 35.5. The van der Waals surface area contributed by atoms with Crippen molar-refractivity contribution in [1.29, 1.82) is 0 Å². The Hall–Kier alpha value is -2.41. The number of halogens is 1. The van der Waals surface area contributed by atoms with Gasteiger partial charge in [0.2, 0.25) is 0 Å². The van der Waals surface area contributed by atoms with Crippen LogP contribution in [0.2, 0.25) is 5.02 Å². The lowest BCUT2D eigenvalue weighted by molar-refractivity contribution is 0.0216. The molecular formula is C22H30ClN3O4. The fourth-order valence-electron chi connectivity index (χ4n) is 3.33. The molecule has 2 aromatic rings. The largest absolute Gasteiger partial charge is 0.453 e. The molecule has 30 heavy (non-hydrogen) atoms. The van der Waals surface area contributed by atoms with Gasteiger partial charge in [-0.15, -0.1) is 0 Å². The van der Waals surface area contributed by atoms with E-state index in [0.717, 1.165) is 29.3 Å². The van der Waals surface area contributed by atoms with Gasteiger partial charge >= 0.3 is 12.2 Å². The number of hydrogen-bond donors (Lipinski definition) is 0. The summed E-state index contributed by atoms with van der Waals surface area (Å²) >= 11 is 6.41. The van der Waals surface area contributed by atoms with Crippen molar-refractivity contribution in [1.82, 2.24) is 14.4 Å². The van der Waals surface area contributed by atoms with E-state index in [1.807, 2.05) is 48.6 Å². The summed E-state index contributed by atoms with van der Waals surface area (Å²) in [6.45, 7) is 7.19. The number of carbonyl (C=O) groups is 2. The number of benzene rings is 1. The van der Waals surface area contributed by atoms with Gasteiger partial charge in [0.05, 0.1) is 12.1 Å². The summed E-state index contributed by atoms with van der Waals surface area (Å²) in [5.74, 6) is 0. The molecule has 0 unspecified atom stereocenters. The molecule has 0 aliphatic heterocycles. The summed E-state index contributed by atoms with van der Waals surface area (Å²) in [5.41, 5.74) is 1.45. The van der Waals surface area contributed by atoms with Gasteiger partial charge in [-0.3, -0.25) is 0 Å². The SMILES string of the molecule is COC(=O)N(C)CCn1cc(Cl)c2ccc(CN(C(=O)OC(C)(C)C)C3CC3)cc21. The summed E-state index contributed by atoms with van der Waals surface area (Å²) in [7, 11) is 3.06. The average Bonchev–Trinajstić information content (AvgIpc) is 3.46. The third-order valence-corrected chi connectivity index (χ3v) is 5.33. The van der Waals surface area contributed by atoms with E-state index in [1.54, 1.807) is 7.05 Å². The summed E-state index contributed by atoms with van der Waals surface area (Å²) in [6, 6.07) is 6.27. The van der Waals surface area contributed by atoms with Gasteiger partial charge in [0.25, 0.3) is 0 Å². The van der Waals surface area contributed by atoms with Crippen LogP contribution in [0.5, 0.6) is 0 Å². The lowest BCUT2D eigenvalue weighted by Crippen LogP contribution is -2.37. The maximum absolute atomic E-state index is 12.7. The number of fused-ring (bicyclic) bond motifs is 1. The Morgan fingerprint density at radius 2 is 1.93 bits per heavy atom. The van der Waals surface area contributed by atoms with Crippen LogP contribution in [0.4, 0.5) is 9.59 Å². The minimum Gasteiger partial charge on any atom is -0.453 e. The van der Waals surface area contributed by atoms with Crippen molar-refractivity contribution in [3.8, 4) is 0 Å². The third-order valence-electron chi connectivity index (χ3n) is 5.03. The molecule has 1 heterocycles. The number of ether oxygens (including phenoxy) is 2. The highest BCUT2D eigenvalue weighted by Crippen LogP contribution is 2.32. The molecule has 1 aliphatic rings. The van der Waals surface area contributed by atoms with Crippen molar-refractivity contribution >= 4 is 34.7 Å². The van der Waals surface area contributed by atoms with Gasteiger partial charge < -0.3 is 23.8 Å². The number of nitrogens with zero attached hydrogens (tertiary/aromatic N) is 3. The number of rotatable bonds is 6. The molecule has 0 N–H and O–H groups in total. The van der Waals surface area contributed by atoms with Crippen LogP contribution in [-0.4, -0.2) is 58.9 Å². The van der Waals surface area contributed by atoms with Crippen LogP contribution in [0.3, 0.4) is 0 Å². The first kappa shape index (κ1) is 22.3. The fraction of sp³-hybridized carbons (Fsp3) is 0.545. The number of carbonyl (C=O) groups excluding carboxylic acids is 2. The van der Waals surface area contributed by atoms with Crippen LogP contribution in [-0.2, 0) is 22.6 Å². The molecule has 0 bridgehead atoms. The number of aromatic nitrogens is 1. The first-order valence-electron chi connectivity index (χ1n) is 10.1.